The Morgan fingerprint density at radius 3 is 2.47 bits per heavy atom. The lowest BCUT2D eigenvalue weighted by Crippen LogP contribution is -2.24. The summed E-state index contributed by atoms with van der Waals surface area (Å²) >= 11 is 0. The van der Waals surface area contributed by atoms with Crippen LogP contribution in [-0.4, -0.2) is 44.6 Å². The van der Waals surface area contributed by atoms with Crippen LogP contribution < -0.4 is 5.32 Å². The fraction of sp³-hybridized carbons (Fsp3) is 0.455. The van der Waals surface area contributed by atoms with Gasteiger partial charge in [-0.1, -0.05) is 12.1 Å². The first-order valence-electron chi connectivity index (χ1n) is 5.29. The lowest BCUT2D eigenvalue weighted by Gasteiger charge is -2.16. The Bertz CT molecular complexity index is 469. The number of nitrogens with zero attached hydrogens (tertiary/aromatic N) is 1. The van der Waals surface area contributed by atoms with Gasteiger partial charge in [-0.05, 0) is 19.1 Å². The van der Waals surface area contributed by atoms with Crippen LogP contribution in [-0.2, 0) is 10.0 Å². The molecule has 0 aliphatic rings. The SMILES string of the molecule is CC(O)CNc1ccccc1S(=O)(=O)N(C)C. The molecule has 0 spiro atoms. The van der Waals surface area contributed by atoms with Crippen LogP contribution in [0, 0.1) is 0 Å². The number of aliphatic hydroxyl groups is 1. The minimum absolute atomic E-state index is 0.214. The fourth-order valence-corrected chi connectivity index (χ4v) is 2.35. The number of hydrogen-bond acceptors (Lipinski definition) is 4. The number of benzene rings is 1. The molecule has 2 N–H and O–H groups in total. The average molecular weight is 258 g/mol. The van der Waals surface area contributed by atoms with Crippen molar-refractivity contribution in [2.75, 3.05) is 26.0 Å². The molecule has 0 saturated heterocycles. The van der Waals surface area contributed by atoms with Gasteiger partial charge in [0.1, 0.15) is 4.90 Å². The van der Waals surface area contributed by atoms with E-state index in [4.69, 9.17) is 0 Å². The first-order chi connectivity index (χ1) is 7.85. The van der Waals surface area contributed by atoms with Crippen LogP contribution in [0.5, 0.6) is 0 Å². The zero-order chi connectivity index (χ0) is 13.1. The highest BCUT2D eigenvalue weighted by Crippen LogP contribution is 2.22. The molecule has 1 unspecified atom stereocenters. The van der Waals surface area contributed by atoms with Crippen molar-refractivity contribution in [3.8, 4) is 0 Å². The van der Waals surface area contributed by atoms with Crippen molar-refractivity contribution in [2.24, 2.45) is 0 Å². The Morgan fingerprint density at radius 1 is 1.35 bits per heavy atom. The average Bonchev–Trinajstić information content (AvgIpc) is 2.26. The molecule has 0 amide bonds. The van der Waals surface area contributed by atoms with Gasteiger partial charge in [-0.2, -0.15) is 0 Å². The Hall–Kier alpha value is -1.11. The van der Waals surface area contributed by atoms with E-state index in [1.165, 1.54) is 14.1 Å². The van der Waals surface area contributed by atoms with Gasteiger partial charge in [0.25, 0.3) is 0 Å². The van der Waals surface area contributed by atoms with Gasteiger partial charge in [0, 0.05) is 20.6 Å². The Labute approximate surface area is 102 Å². The summed E-state index contributed by atoms with van der Waals surface area (Å²) in [5.41, 5.74) is 0.502. The van der Waals surface area contributed by atoms with Crippen LogP contribution in [0.4, 0.5) is 5.69 Å². The lowest BCUT2D eigenvalue weighted by molar-refractivity contribution is 0.208. The Morgan fingerprint density at radius 2 is 1.94 bits per heavy atom. The number of sulfonamides is 1. The summed E-state index contributed by atoms with van der Waals surface area (Å²) in [5.74, 6) is 0. The van der Waals surface area contributed by atoms with E-state index >= 15 is 0 Å². The molecule has 0 heterocycles. The third kappa shape index (κ3) is 3.42. The molecule has 0 aromatic heterocycles. The van der Waals surface area contributed by atoms with Gasteiger partial charge < -0.3 is 10.4 Å². The molecular formula is C11H18N2O3S. The molecule has 0 aliphatic heterocycles. The molecule has 96 valence electrons. The number of anilines is 1. The van der Waals surface area contributed by atoms with Gasteiger partial charge >= 0.3 is 0 Å². The van der Waals surface area contributed by atoms with E-state index in [0.29, 0.717) is 12.2 Å². The van der Waals surface area contributed by atoms with Crippen LogP contribution >= 0.6 is 0 Å². The van der Waals surface area contributed by atoms with Crippen LogP contribution in [0.2, 0.25) is 0 Å². The number of nitrogens with one attached hydrogen (secondary N) is 1. The van der Waals surface area contributed by atoms with Crippen molar-refractivity contribution < 1.29 is 13.5 Å². The van der Waals surface area contributed by atoms with Gasteiger partial charge in [0.05, 0.1) is 11.8 Å². The summed E-state index contributed by atoms with van der Waals surface area (Å²) in [5, 5.41) is 12.1. The van der Waals surface area contributed by atoms with Crippen LogP contribution in [0.15, 0.2) is 29.2 Å². The van der Waals surface area contributed by atoms with Crippen LogP contribution in [0.25, 0.3) is 0 Å². The normalized spacial score (nSPS) is 13.7. The predicted molar refractivity (Wildman–Crippen MR) is 67.5 cm³/mol. The van der Waals surface area contributed by atoms with Gasteiger partial charge in [0.2, 0.25) is 10.0 Å². The van der Waals surface area contributed by atoms with Crippen molar-refractivity contribution >= 4 is 15.7 Å². The molecule has 1 aromatic carbocycles. The maximum Gasteiger partial charge on any atom is 0.244 e. The highest BCUT2D eigenvalue weighted by molar-refractivity contribution is 7.89. The molecule has 1 atom stereocenters. The molecule has 0 saturated carbocycles. The predicted octanol–water partition coefficient (Wildman–Crippen LogP) is 0.730. The van der Waals surface area contributed by atoms with Gasteiger partial charge in [-0.25, -0.2) is 12.7 Å². The third-order valence-electron chi connectivity index (χ3n) is 2.23. The maximum atomic E-state index is 12.0. The molecule has 1 rings (SSSR count). The second kappa shape index (κ2) is 5.48. The number of rotatable bonds is 5. The summed E-state index contributed by atoms with van der Waals surface area (Å²) < 4.78 is 25.2. The second-order valence-electron chi connectivity index (χ2n) is 4.01. The van der Waals surface area contributed by atoms with Crippen molar-refractivity contribution in [3.05, 3.63) is 24.3 Å². The summed E-state index contributed by atoms with van der Waals surface area (Å²) in [6.07, 6.45) is -0.537. The molecule has 1 aromatic rings. The van der Waals surface area contributed by atoms with E-state index in [9.17, 15) is 13.5 Å². The summed E-state index contributed by atoms with van der Waals surface area (Å²) in [7, 11) is -0.492. The minimum atomic E-state index is -3.47. The molecule has 0 aliphatic carbocycles. The molecular weight excluding hydrogens is 240 g/mol. The van der Waals surface area contributed by atoms with Gasteiger partial charge in [-0.3, -0.25) is 0 Å². The highest BCUT2D eigenvalue weighted by Gasteiger charge is 2.20. The molecule has 5 nitrogen and oxygen atoms in total. The first-order valence-corrected chi connectivity index (χ1v) is 6.73. The summed E-state index contributed by atoms with van der Waals surface area (Å²) in [4.78, 5) is 0.214. The van der Waals surface area contributed by atoms with E-state index < -0.39 is 16.1 Å². The molecule has 0 fully saturated rings. The van der Waals surface area contributed by atoms with Crippen LogP contribution in [0.3, 0.4) is 0 Å². The summed E-state index contributed by atoms with van der Waals surface area (Å²) in [6, 6.07) is 6.64. The van der Waals surface area contributed by atoms with Gasteiger partial charge in [0.15, 0.2) is 0 Å². The van der Waals surface area contributed by atoms with Crippen LogP contribution in [0.1, 0.15) is 6.92 Å². The first kappa shape index (κ1) is 14.0. The molecule has 17 heavy (non-hydrogen) atoms. The highest BCUT2D eigenvalue weighted by atomic mass is 32.2. The topological polar surface area (TPSA) is 69.6 Å². The smallest absolute Gasteiger partial charge is 0.244 e. The fourth-order valence-electron chi connectivity index (χ4n) is 1.29. The van der Waals surface area contributed by atoms with Crippen molar-refractivity contribution in [1.82, 2.24) is 4.31 Å². The van der Waals surface area contributed by atoms with Crippen molar-refractivity contribution in [1.29, 1.82) is 0 Å². The number of aliphatic hydroxyl groups excluding tert-OH is 1. The molecule has 6 heteroatoms. The van der Waals surface area contributed by atoms with E-state index in [1.54, 1.807) is 31.2 Å². The monoisotopic (exact) mass is 258 g/mol. The van der Waals surface area contributed by atoms with Crippen molar-refractivity contribution in [2.45, 2.75) is 17.9 Å². The second-order valence-corrected chi connectivity index (χ2v) is 6.13. The van der Waals surface area contributed by atoms with E-state index in [1.807, 2.05) is 0 Å². The standard InChI is InChI=1S/C11H18N2O3S/c1-9(14)8-12-10-6-4-5-7-11(10)17(15,16)13(2)3/h4-7,9,12,14H,8H2,1-3H3. The lowest BCUT2D eigenvalue weighted by atomic mass is 10.3. The molecule has 0 bridgehead atoms. The molecule has 0 radical (unpaired) electrons. The quantitative estimate of drug-likeness (QED) is 0.817. The Balaban J connectivity index is 3.08. The zero-order valence-electron chi connectivity index (χ0n) is 10.2. The zero-order valence-corrected chi connectivity index (χ0v) is 11.0. The Kier molecular flexibility index (Phi) is 4.50. The van der Waals surface area contributed by atoms with E-state index in [-0.39, 0.29) is 4.90 Å². The van der Waals surface area contributed by atoms with E-state index in [0.717, 1.165) is 4.31 Å². The van der Waals surface area contributed by atoms with Gasteiger partial charge in [-0.15, -0.1) is 0 Å². The maximum absolute atomic E-state index is 12.0. The van der Waals surface area contributed by atoms with E-state index in [2.05, 4.69) is 5.32 Å². The third-order valence-corrected chi connectivity index (χ3v) is 4.11. The minimum Gasteiger partial charge on any atom is -0.392 e. The van der Waals surface area contributed by atoms with Crippen molar-refractivity contribution in [3.63, 3.8) is 0 Å². The number of hydrogen-bond donors (Lipinski definition) is 2. The number of para-hydroxylation sites is 1. The largest absolute Gasteiger partial charge is 0.392 e. The summed E-state index contributed by atoms with van der Waals surface area (Å²) in [6.45, 7) is 1.94.